The van der Waals surface area contributed by atoms with E-state index in [9.17, 15) is 5.26 Å². The molecule has 0 saturated heterocycles. The van der Waals surface area contributed by atoms with E-state index in [1.54, 1.807) is 24.7 Å². The summed E-state index contributed by atoms with van der Waals surface area (Å²) in [4.78, 5) is 6.04. The molecule has 0 radical (unpaired) electrons. The van der Waals surface area contributed by atoms with Crippen molar-refractivity contribution in [3.05, 3.63) is 74.1 Å². The van der Waals surface area contributed by atoms with Crippen molar-refractivity contribution in [2.45, 2.75) is 46.6 Å². The first-order valence-corrected chi connectivity index (χ1v) is 13.0. The maximum atomic E-state index is 9.82. The normalized spacial score (nSPS) is 15.7. The Balaban J connectivity index is 1.51. The van der Waals surface area contributed by atoms with Crippen LogP contribution in [0.3, 0.4) is 0 Å². The highest BCUT2D eigenvalue weighted by atomic mass is 79.9. The van der Waals surface area contributed by atoms with E-state index in [-0.39, 0.29) is 5.41 Å². The molecule has 0 saturated carbocycles. The molecule has 0 spiro atoms. The van der Waals surface area contributed by atoms with Gasteiger partial charge in [-0.05, 0) is 77.6 Å². The maximum Gasteiger partial charge on any atom is 0.161 e. The number of nitrogens with zero attached hydrogens (tertiary/aromatic N) is 2. The Bertz CT molecular complexity index is 1230. The van der Waals surface area contributed by atoms with Gasteiger partial charge in [-0.1, -0.05) is 48.8 Å². The van der Waals surface area contributed by atoms with Crippen LogP contribution >= 0.6 is 27.3 Å². The molecule has 0 aliphatic heterocycles. The lowest BCUT2D eigenvalue weighted by Gasteiger charge is -2.33. The molecular formula is C28H29BrN2O2S. The minimum Gasteiger partial charge on any atom is -0.493 e. The lowest BCUT2D eigenvalue weighted by atomic mass is 9.72. The number of benzene rings is 2. The van der Waals surface area contributed by atoms with Gasteiger partial charge in [0.25, 0.3) is 0 Å². The van der Waals surface area contributed by atoms with Gasteiger partial charge in [-0.15, -0.1) is 11.3 Å². The van der Waals surface area contributed by atoms with Crippen molar-refractivity contribution in [1.82, 2.24) is 0 Å². The smallest absolute Gasteiger partial charge is 0.161 e. The summed E-state index contributed by atoms with van der Waals surface area (Å²) in [6.07, 6.45) is 4.93. The molecule has 1 heterocycles. The van der Waals surface area contributed by atoms with Crippen molar-refractivity contribution < 1.29 is 9.47 Å². The minimum atomic E-state index is 0.273. The van der Waals surface area contributed by atoms with Gasteiger partial charge in [0.05, 0.1) is 12.7 Å². The molecule has 1 aliphatic rings. The first-order valence-electron chi connectivity index (χ1n) is 11.4. The first-order chi connectivity index (χ1) is 16.3. The van der Waals surface area contributed by atoms with Crippen LogP contribution in [0.1, 0.15) is 54.3 Å². The quantitative estimate of drug-likeness (QED) is 0.301. The minimum absolute atomic E-state index is 0.273. The predicted octanol–water partition coefficient (Wildman–Crippen LogP) is 7.87. The molecule has 34 heavy (non-hydrogen) atoms. The summed E-state index contributed by atoms with van der Waals surface area (Å²) in [6.45, 7) is 7.37. The Hall–Kier alpha value is -2.62. The number of methoxy groups -OCH3 is 1. The highest BCUT2D eigenvalue weighted by Gasteiger charge is 2.32. The fraction of sp³-hybridized carbons (Fsp3) is 0.357. The van der Waals surface area contributed by atoms with Crippen molar-refractivity contribution in [3.63, 3.8) is 0 Å². The van der Waals surface area contributed by atoms with E-state index in [1.807, 2.05) is 42.5 Å². The molecule has 0 unspecified atom stereocenters. The standard InChI is InChI=1S/C28H29BrN2O2S/c1-28(2,3)20-8-11-22-23(15-30)27(34-26(22)14-20)31-16-19-7-12-24(25(13-19)32-4)33-17-18-5-9-21(29)10-6-18/h5-7,9-10,12-13,16,20H,8,11,14,17H2,1-4H3/t20-/m1/s1. The summed E-state index contributed by atoms with van der Waals surface area (Å²) in [5, 5.41) is 10.6. The molecule has 6 heteroatoms. The van der Waals surface area contributed by atoms with Crippen molar-refractivity contribution in [2.75, 3.05) is 7.11 Å². The maximum absolute atomic E-state index is 9.82. The number of thiophene rings is 1. The zero-order valence-electron chi connectivity index (χ0n) is 20.0. The number of nitriles is 1. The van der Waals surface area contributed by atoms with Gasteiger partial charge in [-0.25, -0.2) is 4.99 Å². The number of fused-ring (bicyclic) bond motifs is 1. The molecule has 1 aromatic heterocycles. The van der Waals surface area contributed by atoms with Crippen molar-refractivity contribution >= 4 is 38.5 Å². The van der Waals surface area contributed by atoms with E-state index in [0.29, 0.717) is 24.0 Å². The number of ether oxygens (including phenoxy) is 2. The molecule has 4 nitrogen and oxygen atoms in total. The van der Waals surface area contributed by atoms with Crippen LogP contribution < -0.4 is 9.47 Å². The monoisotopic (exact) mass is 536 g/mol. The molecule has 0 bridgehead atoms. The average molecular weight is 538 g/mol. The third-order valence-electron chi connectivity index (χ3n) is 6.41. The van der Waals surface area contributed by atoms with Crippen molar-refractivity contribution in [2.24, 2.45) is 16.3 Å². The molecule has 1 atom stereocenters. The van der Waals surface area contributed by atoms with Crippen LogP contribution in [-0.2, 0) is 19.4 Å². The van der Waals surface area contributed by atoms with Crippen LogP contribution in [0, 0.1) is 22.7 Å². The molecule has 3 aromatic rings. The molecular weight excluding hydrogens is 508 g/mol. The first kappa shape index (κ1) is 24.5. The second-order valence-electron chi connectivity index (χ2n) is 9.69. The zero-order valence-corrected chi connectivity index (χ0v) is 22.4. The Morgan fingerprint density at radius 2 is 1.94 bits per heavy atom. The van der Waals surface area contributed by atoms with E-state index in [1.165, 1.54) is 10.4 Å². The van der Waals surface area contributed by atoms with Crippen LogP contribution in [0.2, 0.25) is 0 Å². The number of rotatable bonds is 6. The number of hydrogen-bond acceptors (Lipinski definition) is 5. The fourth-order valence-electron chi connectivity index (χ4n) is 4.28. The van der Waals surface area contributed by atoms with Gasteiger partial charge in [-0.3, -0.25) is 0 Å². The van der Waals surface area contributed by atoms with Crippen molar-refractivity contribution in [3.8, 4) is 17.6 Å². The molecule has 2 aromatic carbocycles. The van der Waals surface area contributed by atoms with Gasteiger partial charge in [0.1, 0.15) is 17.7 Å². The molecule has 4 rings (SSSR count). The SMILES string of the molecule is COc1cc(C=Nc2sc3c(c2C#N)CC[C@@H](C(C)(C)C)C3)ccc1OCc1ccc(Br)cc1. The van der Waals surface area contributed by atoms with Crippen LogP contribution in [0.25, 0.3) is 0 Å². The Morgan fingerprint density at radius 1 is 1.18 bits per heavy atom. The van der Waals surface area contributed by atoms with Gasteiger partial charge in [0.2, 0.25) is 0 Å². The van der Waals surface area contributed by atoms with Crippen LogP contribution in [0.15, 0.2) is 51.9 Å². The molecule has 1 aliphatic carbocycles. The van der Waals surface area contributed by atoms with E-state index in [2.05, 4.69) is 42.8 Å². The highest BCUT2D eigenvalue weighted by Crippen LogP contribution is 2.45. The summed E-state index contributed by atoms with van der Waals surface area (Å²) in [7, 11) is 1.63. The molecule has 0 fully saturated rings. The third-order valence-corrected chi connectivity index (χ3v) is 8.10. The van der Waals surface area contributed by atoms with Crippen molar-refractivity contribution in [1.29, 1.82) is 5.26 Å². The van der Waals surface area contributed by atoms with Gasteiger partial charge < -0.3 is 9.47 Å². The average Bonchev–Trinajstić information content (AvgIpc) is 3.18. The number of aliphatic imine (C=N–C) groups is 1. The van der Waals surface area contributed by atoms with Gasteiger partial charge in [0, 0.05) is 15.6 Å². The zero-order chi connectivity index (χ0) is 24.3. The lowest BCUT2D eigenvalue weighted by molar-refractivity contribution is 0.218. The van der Waals surface area contributed by atoms with Crippen LogP contribution in [-0.4, -0.2) is 13.3 Å². The lowest BCUT2D eigenvalue weighted by Crippen LogP contribution is -2.26. The Kier molecular flexibility index (Phi) is 7.45. The highest BCUT2D eigenvalue weighted by molar-refractivity contribution is 9.10. The van der Waals surface area contributed by atoms with E-state index in [4.69, 9.17) is 14.5 Å². The number of hydrogen-bond donors (Lipinski definition) is 0. The van der Waals surface area contributed by atoms with E-state index in [0.717, 1.165) is 45.4 Å². The van der Waals surface area contributed by atoms with Gasteiger partial charge in [0.15, 0.2) is 11.5 Å². The van der Waals surface area contributed by atoms with Crippen LogP contribution in [0.4, 0.5) is 5.00 Å². The third kappa shape index (κ3) is 5.54. The fourth-order valence-corrected chi connectivity index (χ4v) is 5.76. The second-order valence-corrected chi connectivity index (χ2v) is 11.7. The van der Waals surface area contributed by atoms with E-state index < -0.39 is 0 Å². The summed E-state index contributed by atoms with van der Waals surface area (Å²) in [5.41, 5.74) is 4.20. The van der Waals surface area contributed by atoms with E-state index >= 15 is 0 Å². The number of halogens is 1. The molecule has 176 valence electrons. The topological polar surface area (TPSA) is 54.6 Å². The molecule has 0 N–H and O–H groups in total. The van der Waals surface area contributed by atoms with Gasteiger partial charge >= 0.3 is 0 Å². The summed E-state index contributed by atoms with van der Waals surface area (Å²) >= 11 is 5.11. The summed E-state index contributed by atoms with van der Waals surface area (Å²) in [5.74, 6) is 1.97. The molecule has 0 amide bonds. The Morgan fingerprint density at radius 3 is 2.62 bits per heavy atom. The summed E-state index contributed by atoms with van der Waals surface area (Å²) in [6, 6.07) is 16.2. The Labute approximate surface area is 214 Å². The van der Waals surface area contributed by atoms with Crippen LogP contribution in [0.5, 0.6) is 11.5 Å². The second kappa shape index (κ2) is 10.3. The summed E-state index contributed by atoms with van der Waals surface area (Å²) < 4.78 is 12.6. The predicted molar refractivity (Wildman–Crippen MR) is 143 cm³/mol. The largest absolute Gasteiger partial charge is 0.493 e. The van der Waals surface area contributed by atoms with Gasteiger partial charge in [-0.2, -0.15) is 5.26 Å².